The lowest BCUT2D eigenvalue weighted by molar-refractivity contribution is -0.146. The Morgan fingerprint density at radius 3 is 2.64 bits per heavy atom. The Balaban J connectivity index is 2.70. The van der Waals surface area contributed by atoms with Gasteiger partial charge in [-0.25, -0.2) is 0 Å². The van der Waals surface area contributed by atoms with E-state index < -0.39 is 0 Å². The van der Waals surface area contributed by atoms with Crippen LogP contribution in [0.15, 0.2) is 28.9 Å². The van der Waals surface area contributed by atoms with Gasteiger partial charge >= 0.3 is 5.97 Å². The summed E-state index contributed by atoms with van der Waals surface area (Å²) in [6, 6.07) is 3.53. The highest BCUT2D eigenvalue weighted by atomic mass is 16.5. The number of rotatable bonds is 8. The summed E-state index contributed by atoms with van der Waals surface area (Å²) in [6.07, 6.45) is 4.62. The average molecular weight is 308 g/mol. The monoisotopic (exact) mass is 308 g/mol. The maximum absolute atomic E-state index is 12.3. The molecule has 1 atom stereocenters. The zero-order chi connectivity index (χ0) is 16.5. The van der Waals surface area contributed by atoms with Gasteiger partial charge < -0.3 is 19.0 Å². The minimum Gasteiger partial charge on any atom is -0.469 e. The number of hydrogen-bond acceptors (Lipinski definition) is 5. The third-order valence-corrected chi connectivity index (χ3v) is 3.16. The Hall–Kier alpha value is -2.08. The van der Waals surface area contributed by atoms with Crippen LogP contribution in [0.4, 0.5) is 0 Å². The summed E-state index contributed by atoms with van der Waals surface area (Å²) in [5.41, 5.74) is 0. The van der Waals surface area contributed by atoms with E-state index in [0.29, 0.717) is 25.4 Å². The molecule has 0 bridgehead atoms. The van der Waals surface area contributed by atoms with Crippen LogP contribution in [-0.2, 0) is 14.3 Å². The number of likely N-dealkylation sites (N-methyl/N-ethyl adjacent to an activating group) is 1. The Morgan fingerprint density at radius 2 is 2.09 bits per heavy atom. The maximum Gasteiger partial charge on any atom is 0.310 e. The first-order valence-electron chi connectivity index (χ1n) is 7.17. The van der Waals surface area contributed by atoms with Crippen LogP contribution in [0.1, 0.15) is 12.7 Å². The molecule has 0 saturated heterocycles. The second kappa shape index (κ2) is 9.04. The Kier molecular flexibility index (Phi) is 7.39. The van der Waals surface area contributed by atoms with Crippen LogP contribution in [0.2, 0.25) is 0 Å². The normalized spacial score (nSPS) is 12.6. The van der Waals surface area contributed by atoms with E-state index in [1.807, 2.05) is 19.0 Å². The lowest BCUT2D eigenvalue weighted by atomic mass is 10.1. The van der Waals surface area contributed by atoms with E-state index in [1.165, 1.54) is 13.2 Å². The maximum atomic E-state index is 12.3. The van der Waals surface area contributed by atoms with Gasteiger partial charge in [0.15, 0.2) is 0 Å². The van der Waals surface area contributed by atoms with E-state index in [-0.39, 0.29) is 17.8 Å². The quantitative estimate of drug-likeness (QED) is 0.538. The fraction of sp³-hybridized carbons (Fsp3) is 0.500. The van der Waals surface area contributed by atoms with Crippen molar-refractivity contribution in [3.63, 3.8) is 0 Å². The van der Waals surface area contributed by atoms with E-state index >= 15 is 0 Å². The van der Waals surface area contributed by atoms with Crippen LogP contribution in [0.5, 0.6) is 0 Å². The number of furan rings is 1. The second-order valence-corrected chi connectivity index (χ2v) is 5.36. The largest absolute Gasteiger partial charge is 0.469 e. The highest BCUT2D eigenvalue weighted by Gasteiger charge is 2.20. The second-order valence-electron chi connectivity index (χ2n) is 5.36. The number of methoxy groups -OCH3 is 1. The third-order valence-electron chi connectivity index (χ3n) is 3.16. The summed E-state index contributed by atoms with van der Waals surface area (Å²) in [5.74, 6) is -0.235. The van der Waals surface area contributed by atoms with Crippen molar-refractivity contribution in [2.75, 3.05) is 40.8 Å². The SMILES string of the molecule is COC(=O)C(C)CN(CCN(C)C)C(=O)/C=C/c1ccco1. The van der Waals surface area contributed by atoms with Gasteiger partial charge in [0.2, 0.25) is 5.91 Å². The Labute approximate surface area is 131 Å². The van der Waals surface area contributed by atoms with Gasteiger partial charge in [-0.15, -0.1) is 0 Å². The van der Waals surface area contributed by atoms with Gasteiger partial charge in [0.25, 0.3) is 0 Å². The molecule has 0 aliphatic rings. The zero-order valence-electron chi connectivity index (χ0n) is 13.6. The van der Waals surface area contributed by atoms with Crippen LogP contribution in [0, 0.1) is 5.92 Å². The smallest absolute Gasteiger partial charge is 0.310 e. The first-order valence-corrected chi connectivity index (χ1v) is 7.17. The molecule has 6 nitrogen and oxygen atoms in total. The van der Waals surface area contributed by atoms with Gasteiger partial charge in [0, 0.05) is 25.7 Å². The van der Waals surface area contributed by atoms with Crippen LogP contribution >= 0.6 is 0 Å². The molecule has 0 fully saturated rings. The summed E-state index contributed by atoms with van der Waals surface area (Å²) in [7, 11) is 5.22. The average Bonchev–Trinajstić information content (AvgIpc) is 3.00. The molecule has 0 radical (unpaired) electrons. The predicted molar refractivity (Wildman–Crippen MR) is 84.1 cm³/mol. The summed E-state index contributed by atoms with van der Waals surface area (Å²) < 4.78 is 9.88. The molecule has 1 aromatic rings. The molecular weight excluding hydrogens is 284 g/mol. The molecule has 0 aliphatic heterocycles. The van der Waals surface area contributed by atoms with Gasteiger partial charge in [-0.1, -0.05) is 6.92 Å². The molecule has 0 N–H and O–H groups in total. The van der Waals surface area contributed by atoms with Crippen molar-refractivity contribution >= 4 is 18.0 Å². The van der Waals surface area contributed by atoms with Gasteiger partial charge in [0.1, 0.15) is 5.76 Å². The fourth-order valence-corrected chi connectivity index (χ4v) is 1.86. The van der Waals surface area contributed by atoms with Crippen molar-refractivity contribution in [1.29, 1.82) is 0 Å². The topological polar surface area (TPSA) is 63.0 Å². The molecule has 1 unspecified atom stereocenters. The van der Waals surface area contributed by atoms with E-state index in [2.05, 4.69) is 0 Å². The molecular formula is C16H24N2O4. The lowest BCUT2D eigenvalue weighted by Gasteiger charge is -2.25. The van der Waals surface area contributed by atoms with Crippen molar-refractivity contribution in [1.82, 2.24) is 9.80 Å². The van der Waals surface area contributed by atoms with Crippen molar-refractivity contribution in [2.24, 2.45) is 5.92 Å². The van der Waals surface area contributed by atoms with Gasteiger partial charge in [-0.2, -0.15) is 0 Å². The zero-order valence-corrected chi connectivity index (χ0v) is 13.6. The number of carbonyl (C=O) groups excluding carboxylic acids is 2. The molecule has 0 saturated carbocycles. The molecule has 0 aliphatic carbocycles. The molecule has 1 rings (SSSR count). The van der Waals surface area contributed by atoms with Crippen LogP contribution in [-0.4, -0.2) is 62.5 Å². The first-order chi connectivity index (χ1) is 10.4. The van der Waals surface area contributed by atoms with E-state index in [9.17, 15) is 9.59 Å². The third kappa shape index (κ3) is 6.13. The highest BCUT2D eigenvalue weighted by molar-refractivity contribution is 5.91. The predicted octanol–water partition coefficient (Wildman–Crippen LogP) is 1.49. The number of amides is 1. The van der Waals surface area contributed by atoms with Crippen LogP contribution < -0.4 is 0 Å². The minimum atomic E-state index is -0.367. The number of esters is 1. The summed E-state index contributed by atoms with van der Waals surface area (Å²) in [4.78, 5) is 27.5. The number of carbonyl (C=O) groups is 2. The molecule has 1 amide bonds. The molecule has 122 valence electrons. The van der Waals surface area contributed by atoms with Crippen molar-refractivity contribution in [3.05, 3.63) is 30.2 Å². The van der Waals surface area contributed by atoms with Crippen LogP contribution in [0.3, 0.4) is 0 Å². The standard InChI is InChI=1S/C16H24N2O4/c1-13(16(20)21-4)12-18(10-9-17(2)3)15(19)8-7-14-6-5-11-22-14/h5-8,11,13H,9-10,12H2,1-4H3/b8-7+. The van der Waals surface area contributed by atoms with E-state index in [1.54, 1.807) is 36.3 Å². The van der Waals surface area contributed by atoms with Crippen molar-refractivity contribution < 1.29 is 18.7 Å². The Bertz CT molecular complexity index is 494. The van der Waals surface area contributed by atoms with Gasteiger partial charge in [0.05, 0.1) is 19.3 Å². The minimum absolute atomic E-state index is 0.158. The van der Waals surface area contributed by atoms with E-state index in [0.717, 1.165) is 0 Å². The van der Waals surface area contributed by atoms with Gasteiger partial charge in [-0.05, 0) is 32.3 Å². The van der Waals surface area contributed by atoms with Crippen molar-refractivity contribution in [3.8, 4) is 0 Å². The summed E-state index contributed by atoms with van der Waals surface area (Å²) in [6.45, 7) is 3.32. The molecule has 6 heteroatoms. The number of hydrogen-bond donors (Lipinski definition) is 0. The Morgan fingerprint density at radius 1 is 1.36 bits per heavy atom. The van der Waals surface area contributed by atoms with Crippen LogP contribution in [0.25, 0.3) is 6.08 Å². The fourth-order valence-electron chi connectivity index (χ4n) is 1.86. The summed E-state index contributed by atoms with van der Waals surface area (Å²) >= 11 is 0. The summed E-state index contributed by atoms with van der Waals surface area (Å²) in [5, 5.41) is 0. The van der Waals surface area contributed by atoms with Crippen molar-refractivity contribution in [2.45, 2.75) is 6.92 Å². The molecule has 0 aromatic carbocycles. The first kappa shape index (κ1) is 18.0. The number of nitrogens with zero attached hydrogens (tertiary/aromatic N) is 2. The van der Waals surface area contributed by atoms with E-state index in [4.69, 9.17) is 9.15 Å². The number of ether oxygens (including phenoxy) is 1. The molecule has 0 spiro atoms. The molecule has 1 aromatic heterocycles. The molecule has 22 heavy (non-hydrogen) atoms. The lowest BCUT2D eigenvalue weighted by Crippen LogP contribution is -2.40. The molecule has 1 heterocycles. The highest BCUT2D eigenvalue weighted by Crippen LogP contribution is 2.06. The van der Waals surface area contributed by atoms with Gasteiger partial charge in [-0.3, -0.25) is 9.59 Å².